The van der Waals surface area contributed by atoms with E-state index in [-0.39, 0.29) is 0 Å². The predicted molar refractivity (Wildman–Crippen MR) is 73.6 cm³/mol. The van der Waals surface area contributed by atoms with Gasteiger partial charge in [-0.15, -0.1) is 0 Å². The number of aliphatic hydroxyl groups excluding tert-OH is 1. The van der Waals surface area contributed by atoms with Crippen molar-refractivity contribution >= 4 is 11.6 Å². The van der Waals surface area contributed by atoms with E-state index < -0.39 is 0 Å². The van der Waals surface area contributed by atoms with Gasteiger partial charge in [0.05, 0.1) is 0 Å². The summed E-state index contributed by atoms with van der Waals surface area (Å²) < 4.78 is 0. The van der Waals surface area contributed by atoms with E-state index >= 15 is 0 Å². The minimum Gasteiger partial charge on any atom is -0.396 e. The van der Waals surface area contributed by atoms with Gasteiger partial charge >= 0.3 is 0 Å². The van der Waals surface area contributed by atoms with Crippen LogP contribution in [0.15, 0.2) is 24.3 Å². The van der Waals surface area contributed by atoms with Crippen LogP contribution in [0.5, 0.6) is 0 Å². The van der Waals surface area contributed by atoms with Crippen molar-refractivity contribution in [1.82, 2.24) is 5.32 Å². The fourth-order valence-corrected chi connectivity index (χ4v) is 1.85. The van der Waals surface area contributed by atoms with Crippen LogP contribution in [0.1, 0.15) is 31.2 Å². The lowest BCUT2D eigenvalue weighted by Gasteiger charge is -2.05. The quantitative estimate of drug-likeness (QED) is 0.665. The predicted octanol–water partition coefficient (Wildman–Crippen LogP) is 3.02. The number of unbranched alkanes of at least 4 members (excludes halogenated alkanes) is 3. The van der Waals surface area contributed by atoms with Crippen LogP contribution in [0.25, 0.3) is 0 Å². The van der Waals surface area contributed by atoms with Gasteiger partial charge in [-0.1, -0.05) is 36.6 Å². The highest BCUT2D eigenvalue weighted by atomic mass is 35.5. The molecule has 0 saturated heterocycles. The second-order valence-electron chi connectivity index (χ2n) is 4.26. The molecule has 0 aromatic heterocycles. The molecule has 0 heterocycles. The molecule has 1 aromatic carbocycles. The molecule has 0 radical (unpaired) electrons. The Balaban J connectivity index is 1.95. The van der Waals surface area contributed by atoms with Gasteiger partial charge in [0.1, 0.15) is 0 Å². The summed E-state index contributed by atoms with van der Waals surface area (Å²) in [6.45, 7) is 2.41. The lowest BCUT2D eigenvalue weighted by Crippen LogP contribution is -2.18. The van der Waals surface area contributed by atoms with Crippen molar-refractivity contribution in [2.24, 2.45) is 0 Å². The summed E-state index contributed by atoms with van der Waals surface area (Å²) in [6, 6.07) is 8.02. The minimum atomic E-state index is 0.323. The Labute approximate surface area is 109 Å². The van der Waals surface area contributed by atoms with E-state index in [1.165, 1.54) is 18.4 Å². The van der Waals surface area contributed by atoms with Crippen LogP contribution >= 0.6 is 11.6 Å². The summed E-state index contributed by atoms with van der Waals surface area (Å²) in [5.74, 6) is 0. The molecule has 0 fully saturated rings. The summed E-state index contributed by atoms with van der Waals surface area (Å²) in [6.07, 6.45) is 5.52. The van der Waals surface area contributed by atoms with E-state index in [1.54, 1.807) is 0 Å². The molecule has 96 valence electrons. The topological polar surface area (TPSA) is 32.3 Å². The Morgan fingerprint density at radius 3 is 2.35 bits per heavy atom. The first-order chi connectivity index (χ1) is 8.33. The molecule has 1 aromatic rings. The molecule has 0 aliphatic carbocycles. The number of halogens is 1. The molecule has 17 heavy (non-hydrogen) atoms. The average Bonchev–Trinajstić information content (AvgIpc) is 2.35. The fraction of sp³-hybridized carbons (Fsp3) is 0.571. The molecule has 2 N–H and O–H groups in total. The molecule has 0 spiro atoms. The van der Waals surface area contributed by atoms with Crippen molar-refractivity contribution in [3.63, 3.8) is 0 Å². The third-order valence-electron chi connectivity index (χ3n) is 2.77. The van der Waals surface area contributed by atoms with Crippen LogP contribution in [0, 0.1) is 0 Å². The van der Waals surface area contributed by atoms with E-state index in [4.69, 9.17) is 16.7 Å². The zero-order chi connectivity index (χ0) is 12.3. The van der Waals surface area contributed by atoms with Crippen molar-refractivity contribution in [2.45, 2.75) is 32.1 Å². The van der Waals surface area contributed by atoms with Gasteiger partial charge in [0.2, 0.25) is 0 Å². The van der Waals surface area contributed by atoms with Gasteiger partial charge in [-0.2, -0.15) is 0 Å². The van der Waals surface area contributed by atoms with E-state index in [1.807, 2.05) is 12.1 Å². The highest BCUT2D eigenvalue weighted by molar-refractivity contribution is 6.30. The lowest BCUT2D eigenvalue weighted by atomic mass is 10.1. The maximum atomic E-state index is 8.63. The highest BCUT2D eigenvalue weighted by Crippen LogP contribution is 2.09. The monoisotopic (exact) mass is 255 g/mol. The summed E-state index contributed by atoms with van der Waals surface area (Å²) in [5.41, 5.74) is 1.32. The highest BCUT2D eigenvalue weighted by Gasteiger charge is 1.94. The number of hydrogen-bond acceptors (Lipinski definition) is 2. The summed E-state index contributed by atoms with van der Waals surface area (Å²) in [5, 5.41) is 12.9. The van der Waals surface area contributed by atoms with Gasteiger partial charge in [-0.05, 0) is 50.0 Å². The van der Waals surface area contributed by atoms with Crippen LogP contribution in [-0.4, -0.2) is 24.8 Å². The van der Waals surface area contributed by atoms with Gasteiger partial charge in [0, 0.05) is 11.6 Å². The minimum absolute atomic E-state index is 0.323. The number of benzene rings is 1. The van der Waals surface area contributed by atoms with E-state index in [9.17, 15) is 0 Å². The Hall–Kier alpha value is -0.570. The lowest BCUT2D eigenvalue weighted by molar-refractivity contribution is 0.282. The van der Waals surface area contributed by atoms with Crippen LogP contribution in [0.2, 0.25) is 5.02 Å². The zero-order valence-electron chi connectivity index (χ0n) is 10.3. The normalized spacial score (nSPS) is 10.7. The first-order valence-corrected chi connectivity index (χ1v) is 6.77. The van der Waals surface area contributed by atoms with Gasteiger partial charge in [-0.3, -0.25) is 0 Å². The van der Waals surface area contributed by atoms with Gasteiger partial charge in [0.25, 0.3) is 0 Å². The summed E-state index contributed by atoms with van der Waals surface area (Å²) >= 11 is 5.82. The maximum Gasteiger partial charge on any atom is 0.0431 e. The molecule has 0 unspecified atom stereocenters. The molecule has 0 bridgehead atoms. The number of hydrogen-bond donors (Lipinski definition) is 2. The second kappa shape index (κ2) is 9.46. The molecular weight excluding hydrogens is 234 g/mol. The average molecular weight is 256 g/mol. The van der Waals surface area contributed by atoms with Crippen LogP contribution in [0.4, 0.5) is 0 Å². The largest absolute Gasteiger partial charge is 0.396 e. The van der Waals surface area contributed by atoms with E-state index in [0.717, 1.165) is 37.4 Å². The number of rotatable bonds is 9. The van der Waals surface area contributed by atoms with Gasteiger partial charge in [0.15, 0.2) is 0 Å². The standard InChI is InChI=1S/C14H22ClNO/c15-14-7-5-13(6-8-14)9-11-16-10-3-1-2-4-12-17/h5-8,16-17H,1-4,9-12H2. The first-order valence-electron chi connectivity index (χ1n) is 6.39. The Morgan fingerprint density at radius 1 is 0.941 bits per heavy atom. The SMILES string of the molecule is OCCCCCCNCCc1ccc(Cl)cc1. The van der Waals surface area contributed by atoms with E-state index in [2.05, 4.69) is 17.4 Å². The Kier molecular flexibility index (Phi) is 8.06. The smallest absolute Gasteiger partial charge is 0.0431 e. The third-order valence-corrected chi connectivity index (χ3v) is 3.02. The zero-order valence-corrected chi connectivity index (χ0v) is 11.0. The molecule has 1 rings (SSSR count). The summed E-state index contributed by atoms with van der Waals surface area (Å²) in [4.78, 5) is 0. The summed E-state index contributed by atoms with van der Waals surface area (Å²) in [7, 11) is 0. The van der Waals surface area contributed by atoms with Crippen molar-refractivity contribution < 1.29 is 5.11 Å². The molecule has 2 nitrogen and oxygen atoms in total. The molecule has 3 heteroatoms. The molecule has 0 amide bonds. The number of aliphatic hydroxyl groups is 1. The van der Waals surface area contributed by atoms with Crippen molar-refractivity contribution in [3.8, 4) is 0 Å². The Bertz CT molecular complexity index is 287. The van der Waals surface area contributed by atoms with E-state index in [0.29, 0.717) is 6.61 Å². The van der Waals surface area contributed by atoms with Crippen LogP contribution in [0.3, 0.4) is 0 Å². The maximum absolute atomic E-state index is 8.63. The van der Waals surface area contributed by atoms with Crippen molar-refractivity contribution in [1.29, 1.82) is 0 Å². The van der Waals surface area contributed by atoms with Crippen LogP contribution < -0.4 is 5.32 Å². The van der Waals surface area contributed by atoms with Crippen LogP contribution in [-0.2, 0) is 6.42 Å². The number of nitrogens with one attached hydrogen (secondary N) is 1. The fourth-order valence-electron chi connectivity index (χ4n) is 1.72. The molecule has 0 aliphatic rings. The first kappa shape index (κ1) is 14.5. The van der Waals surface area contributed by atoms with Gasteiger partial charge < -0.3 is 10.4 Å². The van der Waals surface area contributed by atoms with Gasteiger partial charge in [-0.25, -0.2) is 0 Å². The molecule has 0 aliphatic heterocycles. The third kappa shape index (κ3) is 7.37. The molecular formula is C14H22ClNO. The van der Waals surface area contributed by atoms with Crippen molar-refractivity contribution in [3.05, 3.63) is 34.9 Å². The second-order valence-corrected chi connectivity index (χ2v) is 4.70. The molecule has 0 atom stereocenters. The molecule has 0 saturated carbocycles. The Morgan fingerprint density at radius 2 is 1.65 bits per heavy atom. The van der Waals surface area contributed by atoms with Crippen molar-refractivity contribution in [2.75, 3.05) is 19.7 Å².